The van der Waals surface area contributed by atoms with Crippen LogP contribution in [0.5, 0.6) is 0 Å². The van der Waals surface area contributed by atoms with Crippen LogP contribution >= 0.6 is 25.3 Å². The van der Waals surface area contributed by atoms with Crippen molar-refractivity contribution in [2.24, 2.45) is 11.1 Å². The Morgan fingerprint density at radius 2 is 1.73 bits per heavy atom. The summed E-state index contributed by atoms with van der Waals surface area (Å²) in [6.07, 6.45) is -1.16. The van der Waals surface area contributed by atoms with Gasteiger partial charge in [0.2, 0.25) is 11.8 Å². The number of rotatable bonds is 9. The van der Waals surface area contributed by atoms with Crippen LogP contribution in [0.1, 0.15) is 20.3 Å². The van der Waals surface area contributed by atoms with E-state index in [9.17, 15) is 14.7 Å². The Morgan fingerprint density at radius 3 is 2.14 bits per heavy atom. The van der Waals surface area contributed by atoms with Gasteiger partial charge in [-0.1, -0.05) is 13.8 Å². The van der Waals surface area contributed by atoms with Crippen molar-refractivity contribution < 1.29 is 19.8 Å². The largest absolute Gasteiger partial charge is 0.396 e. The first kappa shape index (κ1) is 23.8. The van der Waals surface area contributed by atoms with Crippen molar-refractivity contribution in [1.82, 2.24) is 10.6 Å². The molecule has 0 fully saturated rings. The number of amides is 2. The fraction of sp³-hybridized carbons (Fsp3) is 0.846. The molecule has 0 aliphatic rings. The molecule has 0 heterocycles. The predicted molar refractivity (Wildman–Crippen MR) is 94.3 cm³/mol. The van der Waals surface area contributed by atoms with Crippen molar-refractivity contribution in [3.8, 4) is 0 Å². The van der Waals surface area contributed by atoms with Gasteiger partial charge in [-0.25, -0.2) is 0 Å². The van der Waals surface area contributed by atoms with Gasteiger partial charge in [-0.2, -0.15) is 25.3 Å². The highest BCUT2D eigenvalue weighted by atomic mass is 32.1. The summed E-state index contributed by atoms with van der Waals surface area (Å²) in [5, 5.41) is 23.7. The Hall–Kier alpha value is -0.480. The normalized spacial score (nSPS) is 12.0. The van der Waals surface area contributed by atoms with Crippen molar-refractivity contribution in [2.75, 3.05) is 37.7 Å². The maximum absolute atomic E-state index is 11.5. The number of carbonyl (C=O) groups excluding carboxylic acids is 2. The molecule has 2 amide bonds. The number of nitrogens with two attached hydrogens (primary N) is 1. The molecule has 6 N–H and O–H groups in total. The standard InChI is InChI=1S/C11H22N2O4S.C2H7NS/c1-11(2,7-14)9(16)10(17)13-4-3-8(15)12-5-6-18;3-1-2-4/h9,14,16,18H,3-7H2,1-2H3,(H,12,15)(H,13,17);4H,1-3H2. The van der Waals surface area contributed by atoms with E-state index in [2.05, 4.69) is 35.9 Å². The lowest BCUT2D eigenvalue weighted by molar-refractivity contribution is -0.137. The Morgan fingerprint density at radius 1 is 1.18 bits per heavy atom. The van der Waals surface area contributed by atoms with Crippen LogP contribution in [-0.2, 0) is 9.59 Å². The Labute approximate surface area is 143 Å². The quantitative estimate of drug-likeness (QED) is 0.262. The van der Waals surface area contributed by atoms with Crippen molar-refractivity contribution in [3.05, 3.63) is 0 Å². The molecular weight excluding hydrogens is 326 g/mol. The Kier molecular flexibility index (Phi) is 15.3. The molecule has 9 heteroatoms. The molecule has 0 spiro atoms. The van der Waals surface area contributed by atoms with E-state index in [1.807, 2.05) is 0 Å². The van der Waals surface area contributed by atoms with Gasteiger partial charge >= 0.3 is 0 Å². The van der Waals surface area contributed by atoms with Gasteiger partial charge < -0.3 is 26.6 Å². The monoisotopic (exact) mass is 355 g/mol. The summed E-state index contributed by atoms with van der Waals surface area (Å²) in [6.45, 7) is 4.17. The van der Waals surface area contributed by atoms with Gasteiger partial charge in [0, 0.05) is 43.0 Å². The second-order valence-corrected chi connectivity index (χ2v) is 6.07. The number of hydrogen-bond donors (Lipinski definition) is 7. The zero-order valence-electron chi connectivity index (χ0n) is 13.2. The Balaban J connectivity index is 0. The summed E-state index contributed by atoms with van der Waals surface area (Å²) in [6, 6.07) is 0. The number of nitrogens with one attached hydrogen (secondary N) is 2. The molecule has 7 nitrogen and oxygen atoms in total. The average molecular weight is 356 g/mol. The van der Waals surface area contributed by atoms with Crippen LogP contribution in [0.3, 0.4) is 0 Å². The predicted octanol–water partition coefficient (Wildman–Crippen LogP) is -1.21. The smallest absolute Gasteiger partial charge is 0.249 e. The summed E-state index contributed by atoms with van der Waals surface area (Å²) in [4.78, 5) is 22.7. The van der Waals surface area contributed by atoms with Crippen LogP contribution in [0.15, 0.2) is 0 Å². The van der Waals surface area contributed by atoms with E-state index in [-0.39, 0.29) is 25.5 Å². The highest BCUT2D eigenvalue weighted by Crippen LogP contribution is 2.19. The molecule has 1 atom stereocenters. The summed E-state index contributed by atoms with van der Waals surface area (Å²) >= 11 is 7.74. The van der Waals surface area contributed by atoms with E-state index >= 15 is 0 Å². The highest BCUT2D eigenvalue weighted by Gasteiger charge is 2.32. The molecular formula is C13H29N3O4S2. The van der Waals surface area contributed by atoms with Gasteiger partial charge in [-0.15, -0.1) is 0 Å². The molecule has 0 aromatic carbocycles. The topological polar surface area (TPSA) is 125 Å². The van der Waals surface area contributed by atoms with E-state index in [4.69, 9.17) is 10.8 Å². The zero-order valence-corrected chi connectivity index (χ0v) is 15.0. The molecule has 1 unspecified atom stereocenters. The molecule has 0 aliphatic heterocycles. The van der Waals surface area contributed by atoms with Gasteiger partial charge in [0.1, 0.15) is 6.10 Å². The summed E-state index contributed by atoms with van der Waals surface area (Å²) in [5.41, 5.74) is 4.05. The fourth-order valence-corrected chi connectivity index (χ4v) is 1.23. The third-order valence-corrected chi connectivity index (χ3v) is 3.09. The van der Waals surface area contributed by atoms with Gasteiger partial charge in [-0.3, -0.25) is 9.59 Å². The molecule has 0 saturated carbocycles. The lowest BCUT2D eigenvalue weighted by atomic mass is 9.87. The fourth-order valence-electron chi connectivity index (χ4n) is 1.12. The molecule has 0 radical (unpaired) electrons. The van der Waals surface area contributed by atoms with Crippen molar-refractivity contribution in [3.63, 3.8) is 0 Å². The van der Waals surface area contributed by atoms with E-state index in [0.717, 1.165) is 5.75 Å². The second kappa shape index (κ2) is 14.1. The third-order valence-electron chi connectivity index (χ3n) is 2.61. The minimum Gasteiger partial charge on any atom is -0.396 e. The van der Waals surface area contributed by atoms with E-state index in [1.165, 1.54) is 0 Å². The highest BCUT2D eigenvalue weighted by molar-refractivity contribution is 7.80. The molecule has 0 bridgehead atoms. The number of carbonyl (C=O) groups is 2. The second-order valence-electron chi connectivity index (χ2n) is 5.18. The molecule has 22 heavy (non-hydrogen) atoms. The first-order valence-electron chi connectivity index (χ1n) is 7.01. The molecule has 0 aromatic rings. The average Bonchev–Trinajstić information content (AvgIpc) is 2.52. The van der Waals surface area contributed by atoms with Gasteiger partial charge in [0.05, 0.1) is 6.61 Å². The molecule has 0 aromatic heterocycles. The van der Waals surface area contributed by atoms with Crippen LogP contribution < -0.4 is 16.4 Å². The summed E-state index contributed by atoms with van der Waals surface area (Å²) in [7, 11) is 0. The van der Waals surface area contributed by atoms with Crippen molar-refractivity contribution in [1.29, 1.82) is 0 Å². The molecule has 132 valence electrons. The van der Waals surface area contributed by atoms with Crippen molar-refractivity contribution in [2.45, 2.75) is 26.4 Å². The van der Waals surface area contributed by atoms with Crippen LogP contribution in [0.2, 0.25) is 0 Å². The van der Waals surface area contributed by atoms with Crippen LogP contribution in [0, 0.1) is 5.41 Å². The maximum atomic E-state index is 11.5. The summed E-state index contributed by atoms with van der Waals surface area (Å²) in [5.74, 6) is 0.581. The lowest BCUT2D eigenvalue weighted by Gasteiger charge is -2.27. The zero-order chi connectivity index (χ0) is 17.6. The van der Waals surface area contributed by atoms with Crippen LogP contribution in [-0.4, -0.2) is 65.9 Å². The number of hydrogen-bond acceptors (Lipinski definition) is 7. The number of aliphatic hydroxyl groups is 2. The lowest BCUT2D eigenvalue weighted by Crippen LogP contribution is -2.46. The van der Waals surface area contributed by atoms with E-state index in [1.54, 1.807) is 13.8 Å². The van der Waals surface area contributed by atoms with Gasteiger partial charge in [0.15, 0.2) is 0 Å². The third kappa shape index (κ3) is 12.1. The molecule has 0 rings (SSSR count). The van der Waals surface area contributed by atoms with Crippen LogP contribution in [0.25, 0.3) is 0 Å². The molecule has 0 saturated heterocycles. The van der Waals surface area contributed by atoms with E-state index < -0.39 is 17.4 Å². The summed E-state index contributed by atoms with van der Waals surface area (Å²) < 4.78 is 0. The number of aliphatic hydroxyl groups excluding tert-OH is 2. The maximum Gasteiger partial charge on any atom is 0.249 e. The first-order chi connectivity index (χ1) is 10.3. The number of thiol groups is 2. The Bertz CT molecular complexity index is 316. The van der Waals surface area contributed by atoms with Gasteiger partial charge in [-0.05, 0) is 0 Å². The SMILES string of the molecule is CC(C)(CO)C(O)C(=O)NCCC(=O)NCCS.NCCS. The first-order valence-corrected chi connectivity index (χ1v) is 8.28. The minimum atomic E-state index is -1.30. The molecule has 0 aliphatic carbocycles. The minimum absolute atomic E-state index is 0.145. The van der Waals surface area contributed by atoms with Crippen molar-refractivity contribution >= 4 is 37.1 Å². The van der Waals surface area contributed by atoms with E-state index in [0.29, 0.717) is 18.8 Å². The van der Waals surface area contributed by atoms with Gasteiger partial charge in [0.25, 0.3) is 0 Å². The van der Waals surface area contributed by atoms with Crippen LogP contribution in [0.4, 0.5) is 0 Å².